The van der Waals surface area contributed by atoms with Crippen molar-refractivity contribution in [2.24, 2.45) is 5.41 Å². The molecule has 2 N–H and O–H groups in total. The SMILES string of the molecule is COc1cc(C#N)ccc1-c1cnn(-c2ccc(C(=O)NC3CC4(COC4)C3)cn2)c1O. The van der Waals surface area contributed by atoms with Crippen molar-refractivity contribution in [2.75, 3.05) is 20.3 Å². The molecule has 32 heavy (non-hydrogen) atoms. The third-order valence-corrected chi connectivity index (χ3v) is 6.10. The van der Waals surface area contributed by atoms with Crippen LogP contribution in [-0.4, -0.2) is 52.1 Å². The summed E-state index contributed by atoms with van der Waals surface area (Å²) < 4.78 is 11.9. The Morgan fingerprint density at radius 1 is 1.28 bits per heavy atom. The van der Waals surface area contributed by atoms with Crippen LogP contribution < -0.4 is 10.1 Å². The first-order valence-corrected chi connectivity index (χ1v) is 10.2. The quantitative estimate of drug-likeness (QED) is 0.636. The molecule has 0 bridgehead atoms. The van der Waals surface area contributed by atoms with Crippen molar-refractivity contribution in [1.29, 1.82) is 5.26 Å². The van der Waals surface area contributed by atoms with Crippen LogP contribution in [0.25, 0.3) is 16.9 Å². The van der Waals surface area contributed by atoms with Gasteiger partial charge in [0.25, 0.3) is 5.91 Å². The van der Waals surface area contributed by atoms with Gasteiger partial charge in [-0.15, -0.1) is 0 Å². The Hall–Kier alpha value is -3.90. The summed E-state index contributed by atoms with van der Waals surface area (Å²) in [4.78, 5) is 16.8. The lowest BCUT2D eigenvalue weighted by atomic mass is 9.64. The van der Waals surface area contributed by atoms with E-state index >= 15 is 0 Å². The highest BCUT2D eigenvalue weighted by Crippen LogP contribution is 2.46. The number of hydrogen-bond acceptors (Lipinski definition) is 7. The standard InChI is InChI=1S/C23H21N5O4/c1-31-19-6-14(9-24)2-4-17(19)18-11-26-28(22(18)30)20-5-3-15(10-25-20)21(29)27-16-7-23(8-16)12-32-13-23/h2-6,10-11,16,30H,7-8,12-13H2,1H3,(H,27,29). The topological polar surface area (TPSA) is 122 Å². The number of amides is 1. The van der Waals surface area contributed by atoms with Crippen LogP contribution in [0.15, 0.2) is 42.7 Å². The molecule has 1 aliphatic heterocycles. The second kappa shape index (κ2) is 7.66. The Morgan fingerprint density at radius 2 is 2.09 bits per heavy atom. The lowest BCUT2D eigenvalue weighted by molar-refractivity contribution is -0.165. The van der Waals surface area contributed by atoms with Gasteiger partial charge in [-0.3, -0.25) is 4.79 Å². The maximum atomic E-state index is 12.5. The van der Waals surface area contributed by atoms with E-state index in [1.165, 1.54) is 24.2 Å². The lowest BCUT2D eigenvalue weighted by Gasteiger charge is -2.53. The van der Waals surface area contributed by atoms with Gasteiger partial charge in [-0.2, -0.15) is 15.0 Å². The zero-order chi connectivity index (χ0) is 22.3. The number of rotatable bonds is 5. The monoisotopic (exact) mass is 431 g/mol. The highest BCUT2D eigenvalue weighted by Gasteiger charge is 2.50. The number of benzene rings is 1. The molecule has 1 saturated carbocycles. The Kier molecular flexibility index (Phi) is 4.79. The van der Waals surface area contributed by atoms with Crippen LogP contribution in [0.4, 0.5) is 0 Å². The molecule has 0 atom stereocenters. The highest BCUT2D eigenvalue weighted by molar-refractivity contribution is 5.94. The Labute approximate surface area is 184 Å². The van der Waals surface area contributed by atoms with Crippen molar-refractivity contribution in [3.05, 3.63) is 53.9 Å². The fourth-order valence-corrected chi connectivity index (χ4v) is 4.31. The molecular formula is C23H21N5O4. The summed E-state index contributed by atoms with van der Waals surface area (Å²) in [6.45, 7) is 1.58. The van der Waals surface area contributed by atoms with Gasteiger partial charge in [0.1, 0.15) is 5.75 Å². The van der Waals surface area contributed by atoms with Crippen molar-refractivity contribution in [3.63, 3.8) is 0 Å². The molecule has 0 radical (unpaired) electrons. The summed E-state index contributed by atoms with van der Waals surface area (Å²) in [5.41, 5.74) is 2.22. The minimum absolute atomic E-state index is 0.125. The largest absolute Gasteiger partial charge is 0.496 e. The van der Waals surface area contributed by atoms with Crippen molar-refractivity contribution in [2.45, 2.75) is 18.9 Å². The van der Waals surface area contributed by atoms with Crippen LogP contribution in [0.1, 0.15) is 28.8 Å². The molecule has 2 fully saturated rings. The van der Waals surface area contributed by atoms with E-state index in [4.69, 9.17) is 14.7 Å². The molecule has 5 rings (SSSR count). The van der Waals surface area contributed by atoms with Gasteiger partial charge < -0.3 is 19.9 Å². The Bertz CT molecular complexity index is 1220. The Morgan fingerprint density at radius 3 is 2.72 bits per heavy atom. The van der Waals surface area contributed by atoms with Crippen LogP contribution in [0.3, 0.4) is 0 Å². The van der Waals surface area contributed by atoms with E-state index in [1.54, 1.807) is 30.3 Å². The fourth-order valence-electron chi connectivity index (χ4n) is 4.31. The van der Waals surface area contributed by atoms with E-state index in [0.29, 0.717) is 33.8 Å². The second-order valence-corrected chi connectivity index (χ2v) is 8.30. The number of aromatic nitrogens is 3. The third kappa shape index (κ3) is 3.35. The summed E-state index contributed by atoms with van der Waals surface area (Å²) in [6.07, 6.45) is 4.87. The van der Waals surface area contributed by atoms with Gasteiger partial charge in [-0.05, 0) is 43.2 Å². The van der Waals surface area contributed by atoms with E-state index in [0.717, 1.165) is 26.1 Å². The summed E-state index contributed by atoms with van der Waals surface area (Å²) in [5.74, 6) is 0.522. The van der Waals surface area contributed by atoms with Crippen molar-refractivity contribution < 1.29 is 19.4 Å². The predicted octanol–water partition coefficient (Wildman–Crippen LogP) is 2.43. The highest BCUT2D eigenvalue weighted by atomic mass is 16.5. The van der Waals surface area contributed by atoms with Gasteiger partial charge in [0.2, 0.25) is 5.88 Å². The molecular weight excluding hydrogens is 410 g/mol. The van der Waals surface area contributed by atoms with E-state index in [-0.39, 0.29) is 23.2 Å². The molecule has 0 unspecified atom stereocenters. The Balaban J connectivity index is 1.32. The van der Waals surface area contributed by atoms with Gasteiger partial charge in [0.05, 0.1) is 49.3 Å². The van der Waals surface area contributed by atoms with Gasteiger partial charge in [0, 0.05) is 23.2 Å². The molecule has 1 spiro atoms. The maximum Gasteiger partial charge on any atom is 0.253 e. The minimum Gasteiger partial charge on any atom is -0.496 e. The molecule has 3 aromatic rings. The number of nitrogens with one attached hydrogen (secondary N) is 1. The first-order chi connectivity index (χ1) is 15.5. The van der Waals surface area contributed by atoms with Crippen LogP contribution in [0.5, 0.6) is 11.6 Å². The summed E-state index contributed by atoms with van der Waals surface area (Å²) in [5, 5.41) is 27.1. The number of aromatic hydroxyl groups is 1. The first kappa shape index (κ1) is 20.0. The average Bonchev–Trinajstić information content (AvgIpc) is 3.15. The number of hydrogen-bond donors (Lipinski definition) is 2. The van der Waals surface area contributed by atoms with Crippen LogP contribution in [-0.2, 0) is 4.74 Å². The zero-order valence-corrected chi connectivity index (χ0v) is 17.4. The molecule has 1 saturated heterocycles. The molecule has 9 nitrogen and oxygen atoms in total. The lowest BCUT2D eigenvalue weighted by Crippen LogP contribution is -2.59. The van der Waals surface area contributed by atoms with Crippen LogP contribution >= 0.6 is 0 Å². The number of carbonyl (C=O) groups excluding carboxylic acids is 1. The van der Waals surface area contributed by atoms with Crippen LogP contribution in [0.2, 0.25) is 0 Å². The number of pyridine rings is 1. The zero-order valence-electron chi connectivity index (χ0n) is 17.4. The third-order valence-electron chi connectivity index (χ3n) is 6.10. The number of carbonyl (C=O) groups is 1. The van der Waals surface area contributed by atoms with Gasteiger partial charge in [-0.1, -0.05) is 0 Å². The number of nitriles is 1. The molecule has 9 heteroatoms. The molecule has 1 aromatic carbocycles. The smallest absolute Gasteiger partial charge is 0.253 e. The van der Waals surface area contributed by atoms with Gasteiger partial charge in [0.15, 0.2) is 5.82 Å². The van der Waals surface area contributed by atoms with Gasteiger partial charge in [-0.25, -0.2) is 4.98 Å². The number of methoxy groups -OCH3 is 1. The van der Waals surface area contributed by atoms with E-state index < -0.39 is 0 Å². The summed E-state index contributed by atoms with van der Waals surface area (Å²) >= 11 is 0. The molecule has 1 aliphatic carbocycles. The van der Waals surface area contributed by atoms with E-state index in [2.05, 4.69) is 21.5 Å². The van der Waals surface area contributed by atoms with E-state index in [1.807, 2.05) is 0 Å². The normalized spacial score (nSPS) is 16.6. The summed E-state index contributed by atoms with van der Waals surface area (Å²) in [7, 11) is 1.50. The summed E-state index contributed by atoms with van der Waals surface area (Å²) in [6, 6.07) is 10.4. The van der Waals surface area contributed by atoms with Crippen molar-refractivity contribution in [3.8, 4) is 34.6 Å². The van der Waals surface area contributed by atoms with Crippen molar-refractivity contribution >= 4 is 5.91 Å². The van der Waals surface area contributed by atoms with Crippen LogP contribution in [0, 0.1) is 16.7 Å². The predicted molar refractivity (Wildman–Crippen MR) is 113 cm³/mol. The molecule has 2 aromatic heterocycles. The first-order valence-electron chi connectivity index (χ1n) is 10.2. The second-order valence-electron chi connectivity index (χ2n) is 8.30. The molecule has 162 valence electrons. The van der Waals surface area contributed by atoms with Gasteiger partial charge >= 0.3 is 0 Å². The fraction of sp³-hybridized carbons (Fsp3) is 0.304. The maximum absolute atomic E-state index is 12.5. The molecule has 2 aliphatic rings. The van der Waals surface area contributed by atoms with Crippen molar-refractivity contribution in [1.82, 2.24) is 20.1 Å². The molecule has 1 amide bonds. The number of ether oxygens (including phenoxy) is 2. The number of nitrogens with zero attached hydrogens (tertiary/aromatic N) is 4. The van der Waals surface area contributed by atoms with E-state index in [9.17, 15) is 9.90 Å². The minimum atomic E-state index is -0.170. The average molecular weight is 431 g/mol. The molecule has 3 heterocycles.